The van der Waals surface area contributed by atoms with E-state index in [2.05, 4.69) is 45.0 Å². The lowest BCUT2D eigenvalue weighted by Crippen LogP contribution is -2.46. The van der Waals surface area contributed by atoms with Crippen LogP contribution in [0.3, 0.4) is 0 Å². The molecule has 0 bridgehead atoms. The average Bonchev–Trinajstić information content (AvgIpc) is 3.44. The Morgan fingerprint density at radius 3 is 1.63 bits per heavy atom. The van der Waals surface area contributed by atoms with Crippen molar-refractivity contribution in [1.82, 2.24) is 4.98 Å². The fourth-order valence-corrected chi connectivity index (χ4v) is 13.2. The summed E-state index contributed by atoms with van der Waals surface area (Å²) in [5.41, 5.74) is 1.10. The molecule has 43 heavy (non-hydrogen) atoms. The molecular weight excluding hydrogens is 627 g/mol. The molecule has 2 rings (SSSR count). The van der Waals surface area contributed by atoms with Crippen LogP contribution in [0.4, 0.5) is 0 Å². The van der Waals surface area contributed by atoms with Gasteiger partial charge in [-0.3, -0.25) is 0 Å². The van der Waals surface area contributed by atoms with Crippen LogP contribution in [0.2, 0.25) is 6.04 Å². The maximum atomic E-state index is 6.70. The maximum Gasteiger partial charge on any atom is 0.500 e. The second-order valence-electron chi connectivity index (χ2n) is 11.6. The summed E-state index contributed by atoms with van der Waals surface area (Å²) in [5, 5.41) is 0. The number of nitrogens with zero attached hydrogens (tertiary/aromatic N) is 1. The number of hydrogen-bond acceptors (Lipinski definition) is 8. The fourth-order valence-electron chi connectivity index (χ4n) is 4.99. The Kier molecular flexibility index (Phi) is 25.1. The van der Waals surface area contributed by atoms with Gasteiger partial charge in [-0.2, -0.15) is 0 Å². The average molecular weight is 688 g/mol. The van der Waals surface area contributed by atoms with Crippen LogP contribution in [0.25, 0.3) is 10.2 Å². The first-order chi connectivity index (χ1) is 21.2. The minimum Gasteiger partial charge on any atom is -0.373 e. The summed E-state index contributed by atoms with van der Waals surface area (Å²) in [6.07, 6.45) is 24.0. The van der Waals surface area contributed by atoms with Crippen LogP contribution < -0.4 is 0 Å². The van der Waals surface area contributed by atoms with Crippen molar-refractivity contribution in [2.45, 2.75) is 153 Å². The van der Waals surface area contributed by atoms with Crippen molar-refractivity contribution in [3.8, 4) is 0 Å². The molecule has 0 aliphatic heterocycles. The first kappa shape index (κ1) is 39.4. The molecule has 0 amide bonds. The SMILES string of the molecule is CCCCCCCCO[Si](CCCSSSc1nc2ccccc2s1)(OCCCCCCCC)OCCCCCCCC. The molecular formula is C34H61NO3S4Si. The Labute approximate surface area is 281 Å². The van der Waals surface area contributed by atoms with Gasteiger partial charge in [0.25, 0.3) is 0 Å². The largest absolute Gasteiger partial charge is 0.500 e. The first-order valence-corrected chi connectivity index (χ1v) is 23.9. The molecule has 0 aliphatic rings. The van der Waals surface area contributed by atoms with E-state index < -0.39 is 8.80 Å². The highest BCUT2D eigenvalue weighted by atomic mass is 33.5. The molecule has 0 N–H and O–H groups in total. The van der Waals surface area contributed by atoms with Gasteiger partial charge in [0.1, 0.15) is 0 Å². The van der Waals surface area contributed by atoms with Crippen LogP contribution in [0.1, 0.15) is 143 Å². The summed E-state index contributed by atoms with van der Waals surface area (Å²) in [4.78, 5) is 4.76. The minimum atomic E-state index is -2.71. The molecule has 0 saturated heterocycles. The summed E-state index contributed by atoms with van der Waals surface area (Å²) in [5.74, 6) is 1.07. The number of rotatable bonds is 31. The molecule has 0 atom stereocenters. The molecule has 248 valence electrons. The van der Waals surface area contributed by atoms with Crippen molar-refractivity contribution in [1.29, 1.82) is 0 Å². The number of thiazole rings is 1. The molecule has 1 heterocycles. The molecule has 4 nitrogen and oxygen atoms in total. The molecule has 1 aromatic heterocycles. The summed E-state index contributed by atoms with van der Waals surface area (Å²) in [7, 11) is 2.83. The third kappa shape index (κ3) is 19.5. The molecule has 0 spiro atoms. The van der Waals surface area contributed by atoms with E-state index >= 15 is 0 Å². The summed E-state index contributed by atoms with van der Waals surface area (Å²) < 4.78 is 22.5. The van der Waals surface area contributed by atoms with Gasteiger partial charge in [-0.05, 0) is 58.4 Å². The van der Waals surface area contributed by atoms with Crippen LogP contribution in [0.5, 0.6) is 0 Å². The highest BCUT2D eigenvalue weighted by Crippen LogP contribution is 2.43. The molecule has 0 aliphatic carbocycles. The van der Waals surface area contributed by atoms with Crippen molar-refractivity contribution >= 4 is 61.8 Å². The third-order valence-corrected chi connectivity index (χ3v) is 15.9. The van der Waals surface area contributed by atoms with Crippen LogP contribution in [0, 0.1) is 0 Å². The molecule has 2 aromatic rings. The van der Waals surface area contributed by atoms with Crippen LogP contribution in [0.15, 0.2) is 28.6 Å². The number of para-hydroxylation sites is 1. The minimum absolute atomic E-state index is 0.778. The quantitative estimate of drug-likeness (QED) is 0.0444. The highest BCUT2D eigenvalue weighted by Gasteiger charge is 2.40. The normalized spacial score (nSPS) is 12.1. The smallest absolute Gasteiger partial charge is 0.373 e. The van der Waals surface area contributed by atoms with Crippen LogP contribution >= 0.6 is 42.8 Å². The van der Waals surface area contributed by atoms with E-state index in [-0.39, 0.29) is 0 Å². The zero-order valence-corrected chi connectivity index (χ0v) is 31.9. The fraction of sp³-hybridized carbons (Fsp3) is 0.794. The Hall–Kier alpha value is 0.257. The number of aromatic nitrogens is 1. The van der Waals surface area contributed by atoms with Crippen LogP contribution in [-0.2, 0) is 13.3 Å². The Bertz CT molecular complexity index is 825. The van der Waals surface area contributed by atoms with E-state index in [1.54, 1.807) is 22.1 Å². The lowest BCUT2D eigenvalue weighted by molar-refractivity contribution is 0.0551. The van der Waals surface area contributed by atoms with Gasteiger partial charge in [0, 0.05) is 31.6 Å². The van der Waals surface area contributed by atoms with Gasteiger partial charge in [0.2, 0.25) is 0 Å². The highest BCUT2D eigenvalue weighted by molar-refractivity contribution is 9.09. The van der Waals surface area contributed by atoms with Gasteiger partial charge in [-0.25, -0.2) is 4.98 Å². The Morgan fingerprint density at radius 1 is 0.628 bits per heavy atom. The van der Waals surface area contributed by atoms with Crippen molar-refractivity contribution in [3.63, 3.8) is 0 Å². The zero-order chi connectivity index (χ0) is 30.7. The Morgan fingerprint density at radius 2 is 1.12 bits per heavy atom. The number of fused-ring (bicyclic) bond motifs is 1. The van der Waals surface area contributed by atoms with E-state index in [1.807, 2.05) is 20.6 Å². The van der Waals surface area contributed by atoms with Crippen molar-refractivity contribution in [2.24, 2.45) is 0 Å². The second-order valence-corrected chi connectivity index (χ2v) is 19.8. The molecule has 1 aromatic carbocycles. The van der Waals surface area contributed by atoms with Gasteiger partial charge < -0.3 is 13.3 Å². The Balaban J connectivity index is 1.86. The third-order valence-electron chi connectivity index (χ3n) is 7.60. The lowest BCUT2D eigenvalue weighted by atomic mass is 10.1. The predicted octanol–water partition coefficient (Wildman–Crippen LogP) is 13.1. The molecule has 0 unspecified atom stereocenters. The van der Waals surface area contributed by atoms with Gasteiger partial charge in [0.05, 0.1) is 10.2 Å². The zero-order valence-electron chi connectivity index (χ0n) is 27.6. The van der Waals surface area contributed by atoms with Crippen LogP contribution in [-0.4, -0.2) is 39.4 Å². The van der Waals surface area contributed by atoms with E-state index in [9.17, 15) is 0 Å². The number of hydrogen-bond donors (Lipinski definition) is 0. The number of benzene rings is 1. The standard InChI is InChI=1S/C34H61NO3S4Si/c1-4-7-10-13-16-21-27-36-43(37-28-22-17-14-11-8-5-2,38-29-23-18-15-12-9-6-3)31-24-30-39-42-41-34-35-32-25-19-20-26-33(32)40-34/h19-20,25-26H,4-18,21-24,27-31H2,1-3H3. The van der Waals surface area contributed by atoms with Crippen molar-refractivity contribution in [2.75, 3.05) is 25.6 Å². The first-order valence-electron chi connectivity index (χ1n) is 17.5. The summed E-state index contributed by atoms with van der Waals surface area (Å²) in [6.45, 7) is 9.17. The van der Waals surface area contributed by atoms with E-state index in [1.165, 1.54) is 101 Å². The monoisotopic (exact) mass is 687 g/mol. The van der Waals surface area contributed by atoms with Gasteiger partial charge in [-0.15, -0.1) is 11.3 Å². The molecule has 0 radical (unpaired) electrons. The summed E-state index contributed by atoms with van der Waals surface area (Å²) in [6, 6.07) is 9.32. The summed E-state index contributed by atoms with van der Waals surface area (Å²) >= 11 is 1.78. The topological polar surface area (TPSA) is 40.6 Å². The predicted molar refractivity (Wildman–Crippen MR) is 199 cm³/mol. The van der Waals surface area contributed by atoms with E-state index in [0.29, 0.717) is 0 Å². The molecule has 0 fully saturated rings. The second kappa shape index (κ2) is 27.4. The van der Waals surface area contributed by atoms with E-state index in [0.717, 1.165) is 67.2 Å². The van der Waals surface area contributed by atoms with Crippen molar-refractivity contribution in [3.05, 3.63) is 24.3 Å². The van der Waals surface area contributed by atoms with Crippen molar-refractivity contribution < 1.29 is 13.3 Å². The number of unbranched alkanes of at least 4 members (excludes halogenated alkanes) is 15. The van der Waals surface area contributed by atoms with Gasteiger partial charge in [-0.1, -0.05) is 140 Å². The maximum absolute atomic E-state index is 6.70. The molecule has 0 saturated carbocycles. The lowest BCUT2D eigenvalue weighted by Gasteiger charge is -2.30. The van der Waals surface area contributed by atoms with Gasteiger partial charge >= 0.3 is 8.80 Å². The van der Waals surface area contributed by atoms with Gasteiger partial charge in [0.15, 0.2) is 4.34 Å². The molecule has 9 heteroatoms. The van der Waals surface area contributed by atoms with E-state index in [4.69, 9.17) is 18.3 Å².